The Balaban J connectivity index is 1.55. The van der Waals surface area contributed by atoms with E-state index in [0.717, 1.165) is 63.2 Å². The molecule has 0 N–H and O–H groups in total. The highest BCUT2D eigenvalue weighted by atomic mass is 15.1. The first kappa shape index (κ1) is 21.6. The molecule has 0 aliphatic heterocycles. The Morgan fingerprint density at radius 2 is 1.24 bits per heavy atom. The van der Waals surface area contributed by atoms with Crippen molar-refractivity contribution in [2.75, 3.05) is 0 Å². The maximum Gasteiger partial charge on any atom is 0.0995 e. The number of benzene rings is 3. The molecule has 7 rings (SSSR count). The third-order valence-corrected chi connectivity index (χ3v) is 7.13. The van der Waals surface area contributed by atoms with Crippen LogP contribution in [0.4, 0.5) is 0 Å². The number of imidazole rings is 2. The predicted octanol–water partition coefficient (Wildman–Crippen LogP) is 6.83. The fourth-order valence-electron chi connectivity index (χ4n) is 5.18. The molecule has 0 saturated heterocycles. The van der Waals surface area contributed by atoms with Crippen LogP contribution in [0.15, 0.2) is 98.0 Å². The Bertz CT molecular complexity index is 1860. The first-order valence-electron chi connectivity index (χ1n) is 12.7. The second-order valence-corrected chi connectivity index (χ2v) is 9.38. The Hall–Kier alpha value is -4.71. The summed E-state index contributed by atoms with van der Waals surface area (Å²) < 4.78 is 6.53. The fraction of sp³-hybridized carbons (Fsp3) is 0.129. The Morgan fingerprint density at radius 1 is 0.622 bits per heavy atom. The molecule has 0 amide bonds. The van der Waals surface area contributed by atoms with E-state index in [-0.39, 0.29) is 0 Å². The lowest BCUT2D eigenvalue weighted by molar-refractivity contribution is 1.01. The molecule has 6 heteroatoms. The lowest BCUT2D eigenvalue weighted by atomic mass is 10.1. The maximum absolute atomic E-state index is 4.80. The molecule has 3 aromatic carbocycles. The van der Waals surface area contributed by atoms with Gasteiger partial charge in [0.05, 0.1) is 57.7 Å². The summed E-state index contributed by atoms with van der Waals surface area (Å²) >= 11 is 0. The zero-order valence-electron chi connectivity index (χ0n) is 20.8. The van der Waals surface area contributed by atoms with Crippen LogP contribution in [0.5, 0.6) is 0 Å². The lowest BCUT2D eigenvalue weighted by Gasteiger charge is -2.14. The summed E-state index contributed by atoms with van der Waals surface area (Å²) in [4.78, 5) is 14.0. The molecule has 6 nitrogen and oxygen atoms in total. The average Bonchev–Trinajstić information content (AvgIpc) is 3.69. The molecule has 7 aromatic rings. The van der Waals surface area contributed by atoms with Crippen molar-refractivity contribution in [3.63, 3.8) is 0 Å². The van der Waals surface area contributed by atoms with Gasteiger partial charge in [0.2, 0.25) is 0 Å². The van der Waals surface area contributed by atoms with Gasteiger partial charge in [-0.1, -0.05) is 38.1 Å². The summed E-state index contributed by atoms with van der Waals surface area (Å²) in [5.74, 6) is 0. The van der Waals surface area contributed by atoms with Crippen molar-refractivity contribution in [3.05, 3.63) is 109 Å². The molecule has 0 spiro atoms. The van der Waals surface area contributed by atoms with Crippen molar-refractivity contribution in [2.24, 2.45) is 0 Å². The molecule has 0 fully saturated rings. The molecular formula is C31H26N6. The van der Waals surface area contributed by atoms with Crippen molar-refractivity contribution in [1.29, 1.82) is 0 Å². The van der Waals surface area contributed by atoms with Crippen LogP contribution in [0.25, 0.3) is 49.8 Å². The van der Waals surface area contributed by atoms with Crippen LogP contribution in [0.3, 0.4) is 0 Å². The fourth-order valence-corrected chi connectivity index (χ4v) is 5.18. The van der Waals surface area contributed by atoms with Gasteiger partial charge in [-0.2, -0.15) is 0 Å². The number of fused-ring (bicyclic) bond motifs is 4. The third kappa shape index (κ3) is 3.52. The molecule has 0 aliphatic rings. The highest BCUT2D eigenvalue weighted by Crippen LogP contribution is 2.35. The van der Waals surface area contributed by atoms with E-state index in [0.29, 0.717) is 0 Å². The normalized spacial score (nSPS) is 11.7. The van der Waals surface area contributed by atoms with Crippen molar-refractivity contribution in [3.8, 4) is 17.1 Å². The van der Waals surface area contributed by atoms with Crippen LogP contribution >= 0.6 is 0 Å². The standard InChI is InChI=1S/C31H26N6/c1-3-23-17-35(19-33-23)25-14-26(36-18-24(4-2)34-20-36)16-27(15-25)37-29-10-7-11-32-31(29)28-12-21-8-5-6-9-22(21)13-30(28)37/h5-20H,3-4H2,1-2H3. The van der Waals surface area contributed by atoms with E-state index in [1.807, 2.05) is 24.9 Å². The van der Waals surface area contributed by atoms with E-state index in [1.165, 1.54) is 10.8 Å². The quantitative estimate of drug-likeness (QED) is 0.270. The van der Waals surface area contributed by atoms with Gasteiger partial charge in [0.15, 0.2) is 0 Å². The van der Waals surface area contributed by atoms with Gasteiger partial charge in [0.25, 0.3) is 0 Å². The summed E-state index contributed by atoms with van der Waals surface area (Å²) in [6.07, 6.45) is 11.7. The minimum absolute atomic E-state index is 0.895. The van der Waals surface area contributed by atoms with E-state index in [4.69, 9.17) is 4.98 Å². The third-order valence-electron chi connectivity index (χ3n) is 7.13. The summed E-state index contributed by atoms with van der Waals surface area (Å²) in [6.45, 7) is 4.25. The summed E-state index contributed by atoms with van der Waals surface area (Å²) in [5.41, 5.74) is 8.50. The molecule has 37 heavy (non-hydrogen) atoms. The molecular weight excluding hydrogens is 456 g/mol. The first-order chi connectivity index (χ1) is 18.2. The number of pyridine rings is 1. The van der Waals surface area contributed by atoms with Crippen LogP contribution < -0.4 is 0 Å². The highest BCUT2D eigenvalue weighted by Gasteiger charge is 2.16. The minimum atomic E-state index is 0.895. The van der Waals surface area contributed by atoms with Crippen molar-refractivity contribution < 1.29 is 0 Å². The molecule has 0 unspecified atom stereocenters. The van der Waals surface area contributed by atoms with Gasteiger partial charge < -0.3 is 13.7 Å². The largest absolute Gasteiger partial charge is 0.307 e. The second-order valence-electron chi connectivity index (χ2n) is 9.38. The molecule has 0 atom stereocenters. The molecule has 0 radical (unpaired) electrons. The van der Waals surface area contributed by atoms with Crippen molar-refractivity contribution >= 4 is 32.7 Å². The molecule has 4 aromatic heterocycles. The number of hydrogen-bond donors (Lipinski definition) is 0. The second kappa shape index (κ2) is 8.45. The van der Waals surface area contributed by atoms with E-state index in [1.54, 1.807) is 0 Å². The zero-order valence-corrected chi connectivity index (χ0v) is 20.8. The SMILES string of the molecule is CCc1cn(-c2cc(-n3cnc(CC)c3)cc(-n3c4cc5ccccc5cc4c4ncccc43)c2)cn1. The lowest BCUT2D eigenvalue weighted by Crippen LogP contribution is -2.01. The number of aromatic nitrogens is 6. The van der Waals surface area contributed by atoms with Crippen LogP contribution in [0.2, 0.25) is 0 Å². The Morgan fingerprint density at radius 3 is 1.86 bits per heavy atom. The smallest absolute Gasteiger partial charge is 0.0995 e. The molecule has 4 heterocycles. The van der Waals surface area contributed by atoms with Crippen LogP contribution in [0, 0.1) is 0 Å². The zero-order chi connectivity index (χ0) is 24.9. The van der Waals surface area contributed by atoms with Gasteiger partial charge in [0.1, 0.15) is 0 Å². The van der Waals surface area contributed by atoms with Gasteiger partial charge in [-0.05, 0) is 66.1 Å². The number of hydrogen-bond acceptors (Lipinski definition) is 3. The van der Waals surface area contributed by atoms with Crippen molar-refractivity contribution in [2.45, 2.75) is 26.7 Å². The molecule has 0 saturated carbocycles. The number of rotatable bonds is 5. The predicted molar refractivity (Wildman–Crippen MR) is 149 cm³/mol. The summed E-state index contributed by atoms with van der Waals surface area (Å²) in [7, 11) is 0. The van der Waals surface area contributed by atoms with E-state index >= 15 is 0 Å². The summed E-state index contributed by atoms with van der Waals surface area (Å²) in [5, 5.41) is 3.57. The number of aryl methyl sites for hydroxylation is 2. The van der Waals surface area contributed by atoms with Crippen LogP contribution in [-0.4, -0.2) is 28.7 Å². The van der Waals surface area contributed by atoms with Crippen LogP contribution in [0.1, 0.15) is 25.2 Å². The minimum Gasteiger partial charge on any atom is -0.307 e. The highest BCUT2D eigenvalue weighted by molar-refractivity contribution is 6.11. The Kier molecular flexibility index (Phi) is 4.92. The van der Waals surface area contributed by atoms with Gasteiger partial charge in [-0.15, -0.1) is 0 Å². The molecule has 0 bridgehead atoms. The van der Waals surface area contributed by atoms with Crippen LogP contribution in [-0.2, 0) is 12.8 Å². The van der Waals surface area contributed by atoms with Gasteiger partial charge in [-0.3, -0.25) is 4.98 Å². The first-order valence-corrected chi connectivity index (χ1v) is 12.7. The van der Waals surface area contributed by atoms with Gasteiger partial charge in [-0.25, -0.2) is 9.97 Å². The summed E-state index contributed by atoms with van der Waals surface area (Å²) in [6, 6.07) is 23.8. The number of nitrogens with zero attached hydrogens (tertiary/aromatic N) is 6. The average molecular weight is 483 g/mol. The van der Waals surface area contributed by atoms with E-state index in [9.17, 15) is 0 Å². The monoisotopic (exact) mass is 482 g/mol. The maximum atomic E-state index is 4.80. The molecule has 0 aliphatic carbocycles. The van der Waals surface area contributed by atoms with Crippen molar-refractivity contribution in [1.82, 2.24) is 28.7 Å². The van der Waals surface area contributed by atoms with Gasteiger partial charge in [0, 0.05) is 24.0 Å². The van der Waals surface area contributed by atoms with E-state index < -0.39 is 0 Å². The topological polar surface area (TPSA) is 53.5 Å². The van der Waals surface area contributed by atoms with Gasteiger partial charge >= 0.3 is 0 Å². The van der Waals surface area contributed by atoms with E-state index in [2.05, 4.69) is 111 Å². The molecule has 180 valence electrons. The Labute approximate surface area is 214 Å².